The number of hydrogen-bond acceptors (Lipinski definition) is 6. The molecule has 0 aliphatic rings. The number of aromatic nitrogens is 5. The third kappa shape index (κ3) is 1.89. The van der Waals surface area contributed by atoms with Crippen LogP contribution in [0.15, 0.2) is 23.9 Å². The third-order valence-corrected chi connectivity index (χ3v) is 3.08. The van der Waals surface area contributed by atoms with Gasteiger partial charge in [0.15, 0.2) is 5.82 Å². The van der Waals surface area contributed by atoms with Crippen molar-refractivity contribution in [3.05, 3.63) is 18.7 Å². The van der Waals surface area contributed by atoms with E-state index >= 15 is 0 Å². The second kappa shape index (κ2) is 3.80. The molecule has 0 amide bonds. The molecular weight excluding hydrogens is 254 g/mol. The maximum atomic E-state index is 11.1. The van der Waals surface area contributed by atoms with E-state index in [-0.39, 0.29) is 5.16 Å². The van der Waals surface area contributed by atoms with Gasteiger partial charge in [-0.1, -0.05) is 0 Å². The molecule has 16 heavy (non-hydrogen) atoms. The predicted octanol–water partition coefficient (Wildman–Crippen LogP) is 0.200. The van der Waals surface area contributed by atoms with E-state index in [4.69, 9.17) is 10.7 Å². The van der Waals surface area contributed by atoms with Crippen LogP contribution in [0.2, 0.25) is 0 Å². The first-order valence-corrected chi connectivity index (χ1v) is 6.40. The van der Waals surface area contributed by atoms with Crippen molar-refractivity contribution < 1.29 is 8.42 Å². The van der Waals surface area contributed by atoms with Crippen LogP contribution in [0.1, 0.15) is 0 Å². The molecule has 2 aromatic rings. The molecule has 7 nitrogen and oxygen atoms in total. The van der Waals surface area contributed by atoms with Gasteiger partial charge in [-0.15, -0.1) is 10.2 Å². The minimum atomic E-state index is -3.90. The lowest BCUT2D eigenvalue weighted by Gasteiger charge is -2.00. The van der Waals surface area contributed by atoms with Crippen molar-refractivity contribution in [2.24, 2.45) is 7.05 Å². The zero-order valence-electron chi connectivity index (χ0n) is 8.07. The second-order valence-electron chi connectivity index (χ2n) is 2.93. The number of halogens is 1. The number of hydrogen-bond donors (Lipinski definition) is 0. The van der Waals surface area contributed by atoms with Gasteiger partial charge in [-0.25, -0.2) is 18.4 Å². The van der Waals surface area contributed by atoms with E-state index in [1.807, 2.05) is 0 Å². The maximum Gasteiger partial charge on any atom is 0.296 e. The summed E-state index contributed by atoms with van der Waals surface area (Å²) in [6, 6.07) is 0. The van der Waals surface area contributed by atoms with Gasteiger partial charge in [0, 0.05) is 30.1 Å². The fraction of sp³-hybridized carbons (Fsp3) is 0.143. The Morgan fingerprint density at radius 2 is 1.88 bits per heavy atom. The minimum Gasteiger partial charge on any atom is -0.300 e. The molecule has 2 aromatic heterocycles. The van der Waals surface area contributed by atoms with Gasteiger partial charge >= 0.3 is 0 Å². The molecule has 0 unspecified atom stereocenters. The first kappa shape index (κ1) is 11.0. The fourth-order valence-corrected chi connectivity index (χ4v) is 2.15. The summed E-state index contributed by atoms with van der Waals surface area (Å²) < 4.78 is 23.5. The van der Waals surface area contributed by atoms with Gasteiger partial charge in [-0.3, -0.25) is 4.57 Å². The molecule has 0 atom stereocenters. The lowest BCUT2D eigenvalue weighted by Crippen LogP contribution is -2.03. The Morgan fingerprint density at radius 3 is 2.38 bits per heavy atom. The molecule has 0 N–H and O–H groups in total. The van der Waals surface area contributed by atoms with Crippen LogP contribution in [0, 0.1) is 0 Å². The lowest BCUT2D eigenvalue weighted by molar-refractivity contribution is 0.593. The molecule has 0 aliphatic carbocycles. The zero-order chi connectivity index (χ0) is 11.8. The van der Waals surface area contributed by atoms with Gasteiger partial charge in [-0.05, 0) is 0 Å². The van der Waals surface area contributed by atoms with Crippen LogP contribution in [0.3, 0.4) is 0 Å². The Hall–Kier alpha value is -1.54. The summed E-state index contributed by atoms with van der Waals surface area (Å²) in [4.78, 5) is 7.60. The van der Waals surface area contributed by atoms with Crippen molar-refractivity contribution in [1.29, 1.82) is 0 Å². The second-order valence-corrected chi connectivity index (χ2v) is 5.39. The first-order chi connectivity index (χ1) is 7.50. The quantitative estimate of drug-likeness (QED) is 0.716. The van der Waals surface area contributed by atoms with Gasteiger partial charge < -0.3 is 0 Å². The van der Waals surface area contributed by atoms with Crippen LogP contribution in [0.25, 0.3) is 11.4 Å². The van der Waals surface area contributed by atoms with E-state index in [0.29, 0.717) is 11.4 Å². The maximum absolute atomic E-state index is 11.1. The molecule has 2 heterocycles. The topological polar surface area (TPSA) is 90.6 Å². The average molecular weight is 260 g/mol. The Balaban J connectivity index is 2.59. The van der Waals surface area contributed by atoms with E-state index in [9.17, 15) is 8.42 Å². The largest absolute Gasteiger partial charge is 0.300 e. The van der Waals surface area contributed by atoms with Gasteiger partial charge in [0.2, 0.25) is 0 Å². The molecule has 0 aliphatic heterocycles. The fourth-order valence-electron chi connectivity index (χ4n) is 1.19. The Labute approximate surface area is 95.6 Å². The van der Waals surface area contributed by atoms with E-state index in [1.54, 1.807) is 0 Å². The summed E-state index contributed by atoms with van der Waals surface area (Å²) in [7, 11) is 2.78. The highest BCUT2D eigenvalue weighted by Crippen LogP contribution is 2.19. The van der Waals surface area contributed by atoms with Crippen molar-refractivity contribution in [2.75, 3.05) is 0 Å². The van der Waals surface area contributed by atoms with E-state index < -0.39 is 9.05 Å². The van der Waals surface area contributed by atoms with Crippen LogP contribution >= 0.6 is 10.7 Å². The first-order valence-electron chi connectivity index (χ1n) is 4.09. The molecule has 84 valence electrons. The van der Waals surface area contributed by atoms with Gasteiger partial charge in [-0.2, -0.15) is 0 Å². The average Bonchev–Trinajstić information content (AvgIpc) is 2.61. The molecule has 0 aromatic carbocycles. The predicted molar refractivity (Wildman–Crippen MR) is 55.1 cm³/mol. The monoisotopic (exact) mass is 259 g/mol. The van der Waals surface area contributed by atoms with Crippen LogP contribution in [0.4, 0.5) is 0 Å². The smallest absolute Gasteiger partial charge is 0.296 e. The summed E-state index contributed by atoms with van der Waals surface area (Å²) in [6.07, 6.45) is 4.36. The third-order valence-electron chi connectivity index (χ3n) is 1.87. The Bertz CT molecular complexity index is 609. The summed E-state index contributed by atoms with van der Waals surface area (Å²) in [5.41, 5.74) is 0.559. The van der Waals surface area contributed by atoms with Gasteiger partial charge in [0.1, 0.15) is 6.33 Å². The lowest BCUT2D eigenvalue weighted by atomic mass is 10.3. The number of rotatable bonds is 2. The van der Waals surface area contributed by atoms with Crippen LogP contribution in [-0.4, -0.2) is 33.2 Å². The highest BCUT2D eigenvalue weighted by molar-refractivity contribution is 8.13. The molecule has 9 heteroatoms. The molecule has 0 radical (unpaired) electrons. The molecule has 0 bridgehead atoms. The standard InChI is InChI=1S/C7H6ClN5O2S/c1-13-6(5-2-9-4-10-3-5)11-12-7(13)16(8,14)15/h2-4H,1H3. The molecule has 0 saturated heterocycles. The highest BCUT2D eigenvalue weighted by Gasteiger charge is 2.20. The number of nitrogens with zero attached hydrogens (tertiary/aromatic N) is 5. The molecule has 0 spiro atoms. The van der Waals surface area contributed by atoms with E-state index in [2.05, 4.69) is 20.2 Å². The van der Waals surface area contributed by atoms with Crippen molar-refractivity contribution in [3.8, 4) is 11.4 Å². The molecule has 0 saturated carbocycles. The van der Waals surface area contributed by atoms with Gasteiger partial charge in [0.05, 0.1) is 5.56 Å². The van der Waals surface area contributed by atoms with E-state index in [0.717, 1.165) is 0 Å². The summed E-state index contributed by atoms with van der Waals surface area (Å²) in [5, 5.41) is 6.91. The minimum absolute atomic E-state index is 0.312. The summed E-state index contributed by atoms with van der Waals surface area (Å²) in [6.45, 7) is 0. The Morgan fingerprint density at radius 1 is 1.25 bits per heavy atom. The van der Waals surface area contributed by atoms with Crippen molar-refractivity contribution in [2.45, 2.75) is 5.16 Å². The van der Waals surface area contributed by atoms with Crippen molar-refractivity contribution in [3.63, 3.8) is 0 Å². The zero-order valence-corrected chi connectivity index (χ0v) is 9.64. The van der Waals surface area contributed by atoms with Crippen LogP contribution in [-0.2, 0) is 16.1 Å². The van der Waals surface area contributed by atoms with Crippen molar-refractivity contribution in [1.82, 2.24) is 24.7 Å². The molecular formula is C7H6ClN5O2S. The molecule has 2 rings (SSSR count). The normalized spacial score (nSPS) is 11.6. The highest BCUT2D eigenvalue weighted by atomic mass is 35.7. The van der Waals surface area contributed by atoms with Crippen LogP contribution in [0.5, 0.6) is 0 Å². The van der Waals surface area contributed by atoms with Crippen molar-refractivity contribution >= 4 is 19.7 Å². The summed E-state index contributed by atoms with van der Waals surface area (Å²) >= 11 is 0. The Kier molecular flexibility index (Phi) is 2.60. The van der Waals surface area contributed by atoms with E-state index in [1.165, 1.54) is 30.3 Å². The SMILES string of the molecule is Cn1c(-c2cncnc2)nnc1S(=O)(=O)Cl. The van der Waals surface area contributed by atoms with Gasteiger partial charge in [0.25, 0.3) is 14.2 Å². The molecule has 0 fully saturated rings. The van der Waals surface area contributed by atoms with Crippen LogP contribution < -0.4 is 0 Å². The summed E-state index contributed by atoms with van der Waals surface area (Å²) in [5.74, 6) is 0.333.